The van der Waals surface area contributed by atoms with Gasteiger partial charge in [0, 0.05) is 11.1 Å². The summed E-state index contributed by atoms with van der Waals surface area (Å²) in [5.74, 6) is -2.61. The van der Waals surface area contributed by atoms with Crippen LogP contribution in [-0.4, -0.2) is 22.7 Å². The van der Waals surface area contributed by atoms with Gasteiger partial charge in [0.1, 0.15) is 6.26 Å². The smallest absolute Gasteiger partial charge is 0.445 e. The molecule has 0 spiro atoms. The van der Waals surface area contributed by atoms with E-state index in [4.69, 9.17) is 4.42 Å². The van der Waals surface area contributed by atoms with Crippen molar-refractivity contribution in [3.63, 3.8) is 0 Å². The average molecular weight is 283 g/mol. The number of hydrogen-bond donors (Lipinski definition) is 0. The molecule has 104 valence electrons. The zero-order chi connectivity index (χ0) is 14.8. The lowest BCUT2D eigenvalue weighted by Crippen LogP contribution is -2.25. The summed E-state index contributed by atoms with van der Waals surface area (Å²) in [5.41, 5.74) is 0.603. The summed E-state index contributed by atoms with van der Waals surface area (Å²) in [5, 5.41) is 0. The number of rotatable bonds is 4. The minimum atomic E-state index is -4.99. The van der Waals surface area contributed by atoms with E-state index < -0.39 is 24.2 Å². The summed E-state index contributed by atoms with van der Waals surface area (Å²) in [6.45, 7) is 0. The lowest BCUT2D eigenvalue weighted by molar-refractivity contribution is -0.170. The molecule has 0 aliphatic rings. The highest BCUT2D eigenvalue weighted by Gasteiger charge is 2.39. The van der Waals surface area contributed by atoms with E-state index in [1.165, 1.54) is 36.7 Å². The van der Waals surface area contributed by atoms with Crippen LogP contribution in [0, 0.1) is 0 Å². The Kier molecular flexibility index (Phi) is 3.69. The van der Waals surface area contributed by atoms with Gasteiger partial charge in [-0.2, -0.15) is 13.2 Å². The molecule has 0 N–H and O–H groups in total. The summed E-state index contributed by atoms with van der Waals surface area (Å²) >= 11 is 0. The number of benzene rings is 1. The number of aromatic nitrogens is 1. The second kappa shape index (κ2) is 5.28. The summed E-state index contributed by atoms with van der Waals surface area (Å²) < 4.78 is 41.2. The number of oxazole rings is 1. The Bertz CT molecular complexity index is 615. The number of carbonyl (C=O) groups excluding carboxylic acids is 2. The number of halogens is 3. The summed E-state index contributed by atoms with van der Waals surface area (Å²) in [6.07, 6.45) is -3.37. The molecule has 1 aromatic heterocycles. The van der Waals surface area contributed by atoms with E-state index in [2.05, 4.69) is 4.98 Å². The third-order valence-corrected chi connectivity index (χ3v) is 2.52. The van der Waals surface area contributed by atoms with Crippen molar-refractivity contribution in [3.8, 4) is 11.5 Å². The van der Waals surface area contributed by atoms with Crippen LogP contribution in [0.15, 0.2) is 41.1 Å². The molecule has 0 atom stereocenters. The first-order valence-electron chi connectivity index (χ1n) is 5.51. The molecule has 20 heavy (non-hydrogen) atoms. The second-order valence-corrected chi connectivity index (χ2v) is 3.94. The predicted octanol–water partition coefficient (Wildman–Crippen LogP) is 3.05. The molecule has 0 bridgehead atoms. The molecule has 0 radical (unpaired) electrons. The molecule has 0 saturated carbocycles. The van der Waals surface area contributed by atoms with Crippen LogP contribution in [0.3, 0.4) is 0 Å². The molecule has 2 aromatic rings. The quantitative estimate of drug-likeness (QED) is 0.639. The summed E-state index contributed by atoms with van der Waals surface area (Å²) in [7, 11) is 0. The summed E-state index contributed by atoms with van der Waals surface area (Å²) in [6, 6.07) is 5.62. The van der Waals surface area contributed by atoms with E-state index in [1.54, 1.807) is 0 Å². The molecule has 7 heteroatoms. The van der Waals surface area contributed by atoms with E-state index >= 15 is 0 Å². The van der Waals surface area contributed by atoms with Crippen molar-refractivity contribution in [2.45, 2.75) is 12.6 Å². The Hall–Kier alpha value is -2.44. The van der Waals surface area contributed by atoms with Gasteiger partial charge in [-0.05, 0) is 12.1 Å². The molecule has 0 aliphatic carbocycles. The van der Waals surface area contributed by atoms with Crippen molar-refractivity contribution in [3.05, 3.63) is 42.3 Å². The van der Waals surface area contributed by atoms with Crippen LogP contribution < -0.4 is 0 Å². The third-order valence-electron chi connectivity index (χ3n) is 2.52. The van der Waals surface area contributed by atoms with Crippen LogP contribution in [0.2, 0.25) is 0 Å². The number of nitrogens with zero attached hydrogens (tertiary/aromatic N) is 1. The van der Waals surface area contributed by atoms with Gasteiger partial charge >= 0.3 is 6.18 Å². The van der Waals surface area contributed by atoms with E-state index in [0.717, 1.165) is 0 Å². The van der Waals surface area contributed by atoms with Gasteiger partial charge in [0.05, 0.1) is 12.6 Å². The Morgan fingerprint density at radius 1 is 1.15 bits per heavy atom. The molecule has 0 unspecified atom stereocenters. The first-order chi connectivity index (χ1) is 9.38. The monoisotopic (exact) mass is 283 g/mol. The van der Waals surface area contributed by atoms with Crippen LogP contribution in [0.25, 0.3) is 11.5 Å². The number of alkyl halides is 3. The van der Waals surface area contributed by atoms with E-state index in [0.29, 0.717) is 11.5 Å². The number of carbonyl (C=O) groups is 2. The molecule has 1 aromatic carbocycles. The SMILES string of the molecule is O=C(CC(=O)C(F)(F)F)c1ccc(-c2ncco2)cc1. The van der Waals surface area contributed by atoms with Crippen LogP contribution in [0.4, 0.5) is 13.2 Å². The van der Waals surface area contributed by atoms with Gasteiger partial charge in [-0.25, -0.2) is 4.98 Å². The molecule has 1 heterocycles. The largest absolute Gasteiger partial charge is 0.450 e. The van der Waals surface area contributed by atoms with E-state index in [1.807, 2.05) is 0 Å². The Morgan fingerprint density at radius 2 is 1.80 bits per heavy atom. The van der Waals surface area contributed by atoms with Crippen molar-refractivity contribution in [1.82, 2.24) is 4.98 Å². The molecule has 0 aliphatic heterocycles. The Balaban J connectivity index is 2.10. The average Bonchev–Trinajstić information content (AvgIpc) is 2.91. The number of ketones is 2. The van der Waals surface area contributed by atoms with Crippen molar-refractivity contribution in [2.75, 3.05) is 0 Å². The summed E-state index contributed by atoms with van der Waals surface area (Å²) in [4.78, 5) is 26.2. The van der Waals surface area contributed by atoms with Crippen LogP contribution in [0.5, 0.6) is 0 Å². The van der Waals surface area contributed by atoms with E-state index in [9.17, 15) is 22.8 Å². The normalized spacial score (nSPS) is 11.3. The maximum atomic E-state index is 12.1. The lowest BCUT2D eigenvalue weighted by atomic mass is 10.0. The standard InChI is InChI=1S/C13H8F3NO3/c14-13(15,16)11(19)7-10(18)8-1-3-9(4-2-8)12-17-5-6-20-12/h1-6H,7H2. The molecule has 2 rings (SSSR count). The van der Waals surface area contributed by atoms with Crippen molar-refractivity contribution in [1.29, 1.82) is 0 Å². The lowest BCUT2D eigenvalue weighted by Gasteiger charge is -2.04. The zero-order valence-corrected chi connectivity index (χ0v) is 9.98. The first kappa shape index (κ1) is 14.0. The highest BCUT2D eigenvalue weighted by atomic mass is 19.4. The van der Waals surface area contributed by atoms with Crippen LogP contribution in [0.1, 0.15) is 16.8 Å². The highest BCUT2D eigenvalue weighted by Crippen LogP contribution is 2.21. The van der Waals surface area contributed by atoms with E-state index in [-0.39, 0.29) is 5.56 Å². The van der Waals surface area contributed by atoms with Gasteiger partial charge in [-0.1, -0.05) is 12.1 Å². The molecule has 0 saturated heterocycles. The fourth-order valence-electron chi connectivity index (χ4n) is 1.51. The van der Waals surface area contributed by atoms with Crippen molar-refractivity contribution < 1.29 is 27.2 Å². The fraction of sp³-hybridized carbons (Fsp3) is 0.154. The molecule has 0 fully saturated rings. The Morgan fingerprint density at radius 3 is 2.30 bits per heavy atom. The fourth-order valence-corrected chi connectivity index (χ4v) is 1.51. The maximum absolute atomic E-state index is 12.1. The van der Waals surface area contributed by atoms with Gasteiger partial charge in [-0.15, -0.1) is 0 Å². The topological polar surface area (TPSA) is 60.2 Å². The minimum Gasteiger partial charge on any atom is -0.445 e. The molecular weight excluding hydrogens is 275 g/mol. The second-order valence-electron chi connectivity index (χ2n) is 3.94. The van der Waals surface area contributed by atoms with Crippen molar-refractivity contribution in [2.24, 2.45) is 0 Å². The Labute approximate surface area is 111 Å². The van der Waals surface area contributed by atoms with Gasteiger partial charge in [0.2, 0.25) is 11.7 Å². The molecular formula is C13H8F3NO3. The molecule has 4 nitrogen and oxygen atoms in total. The number of Topliss-reactive ketones (excluding diaryl/α,β-unsaturated/α-hetero) is 2. The first-order valence-corrected chi connectivity index (χ1v) is 5.51. The predicted molar refractivity (Wildman–Crippen MR) is 61.9 cm³/mol. The zero-order valence-electron chi connectivity index (χ0n) is 9.98. The van der Waals surface area contributed by atoms with Gasteiger partial charge < -0.3 is 4.42 Å². The van der Waals surface area contributed by atoms with Gasteiger partial charge in [-0.3, -0.25) is 9.59 Å². The van der Waals surface area contributed by atoms with Crippen molar-refractivity contribution >= 4 is 11.6 Å². The highest BCUT2D eigenvalue weighted by molar-refractivity contribution is 6.09. The van der Waals surface area contributed by atoms with Crippen LogP contribution in [-0.2, 0) is 4.79 Å². The maximum Gasteiger partial charge on any atom is 0.450 e. The van der Waals surface area contributed by atoms with Gasteiger partial charge in [0.15, 0.2) is 5.78 Å². The minimum absolute atomic E-state index is 0.0258. The molecule has 0 amide bonds. The number of hydrogen-bond acceptors (Lipinski definition) is 4. The van der Waals surface area contributed by atoms with Crippen LogP contribution >= 0.6 is 0 Å². The van der Waals surface area contributed by atoms with Gasteiger partial charge in [0.25, 0.3) is 0 Å². The third kappa shape index (κ3) is 3.11.